The maximum absolute atomic E-state index is 10.1. The lowest BCUT2D eigenvalue weighted by Crippen LogP contribution is -2.12. The second-order valence-corrected chi connectivity index (χ2v) is 4.64. The van der Waals surface area contributed by atoms with E-state index >= 15 is 0 Å². The summed E-state index contributed by atoms with van der Waals surface area (Å²) in [6.45, 7) is 1.15. The van der Waals surface area contributed by atoms with E-state index in [-0.39, 0.29) is 6.29 Å². The van der Waals surface area contributed by atoms with Crippen LogP contribution in [-0.4, -0.2) is 24.6 Å². The SMILES string of the molecule is OC(CC1OCCO1)c1cc2cccc(Cl)c2o1. The molecule has 0 aliphatic carbocycles. The molecule has 1 unspecified atom stereocenters. The summed E-state index contributed by atoms with van der Waals surface area (Å²) in [5.74, 6) is 0.484. The molecule has 1 atom stereocenters. The third kappa shape index (κ3) is 2.24. The van der Waals surface area contributed by atoms with Crippen LogP contribution in [0.2, 0.25) is 5.02 Å². The number of aliphatic hydroxyl groups excluding tert-OH is 1. The standard InChI is InChI=1S/C13H13ClO4/c14-9-3-1-2-8-6-11(18-13(8)9)10(15)7-12-16-4-5-17-12/h1-3,6,10,12,15H,4-5,7H2. The summed E-state index contributed by atoms with van der Waals surface area (Å²) in [4.78, 5) is 0. The van der Waals surface area contributed by atoms with Crippen molar-refractivity contribution in [3.05, 3.63) is 35.0 Å². The Hall–Kier alpha value is -1.07. The average Bonchev–Trinajstić information content (AvgIpc) is 2.97. The topological polar surface area (TPSA) is 51.8 Å². The summed E-state index contributed by atoms with van der Waals surface area (Å²) >= 11 is 6.02. The normalized spacial score (nSPS) is 18.6. The van der Waals surface area contributed by atoms with Crippen LogP contribution in [0.1, 0.15) is 18.3 Å². The van der Waals surface area contributed by atoms with E-state index in [1.54, 1.807) is 12.1 Å². The lowest BCUT2D eigenvalue weighted by molar-refractivity contribution is -0.0734. The van der Waals surface area contributed by atoms with Crippen molar-refractivity contribution >= 4 is 22.6 Å². The second kappa shape index (κ2) is 4.90. The lowest BCUT2D eigenvalue weighted by atomic mass is 10.2. The fourth-order valence-corrected chi connectivity index (χ4v) is 2.27. The predicted molar refractivity (Wildman–Crippen MR) is 66.5 cm³/mol. The van der Waals surface area contributed by atoms with Gasteiger partial charge >= 0.3 is 0 Å². The molecule has 5 heteroatoms. The summed E-state index contributed by atoms with van der Waals surface area (Å²) in [5.41, 5.74) is 0.599. The Bertz CT molecular complexity index is 545. The minimum absolute atomic E-state index is 0.358. The molecule has 1 aliphatic rings. The molecule has 2 heterocycles. The Morgan fingerprint density at radius 1 is 1.33 bits per heavy atom. The third-order valence-electron chi connectivity index (χ3n) is 2.95. The van der Waals surface area contributed by atoms with Crippen molar-refractivity contribution in [3.8, 4) is 0 Å². The summed E-state index contributed by atoms with van der Waals surface area (Å²) in [7, 11) is 0. The van der Waals surface area contributed by atoms with E-state index < -0.39 is 6.10 Å². The van der Waals surface area contributed by atoms with Crippen LogP contribution in [0.4, 0.5) is 0 Å². The van der Waals surface area contributed by atoms with Gasteiger partial charge in [0.05, 0.1) is 18.2 Å². The monoisotopic (exact) mass is 268 g/mol. The zero-order valence-electron chi connectivity index (χ0n) is 9.64. The average molecular weight is 269 g/mol. The van der Waals surface area contributed by atoms with Crippen molar-refractivity contribution in [2.24, 2.45) is 0 Å². The summed E-state index contributed by atoms with van der Waals surface area (Å²) in [6.07, 6.45) is -0.752. The van der Waals surface area contributed by atoms with Gasteiger partial charge in [0.25, 0.3) is 0 Å². The van der Waals surface area contributed by atoms with Gasteiger partial charge in [0.1, 0.15) is 11.9 Å². The maximum Gasteiger partial charge on any atom is 0.160 e. The van der Waals surface area contributed by atoms with E-state index in [0.717, 1.165) is 5.39 Å². The molecule has 0 saturated carbocycles. The van der Waals surface area contributed by atoms with E-state index in [1.165, 1.54) is 0 Å². The van der Waals surface area contributed by atoms with Gasteiger partial charge in [-0.3, -0.25) is 0 Å². The molecule has 1 fully saturated rings. The van der Waals surface area contributed by atoms with Crippen LogP contribution in [0.3, 0.4) is 0 Å². The molecular weight excluding hydrogens is 256 g/mol. The zero-order chi connectivity index (χ0) is 12.5. The number of hydrogen-bond acceptors (Lipinski definition) is 4. The molecule has 1 saturated heterocycles. The highest BCUT2D eigenvalue weighted by Gasteiger charge is 2.23. The number of fused-ring (bicyclic) bond motifs is 1. The molecule has 0 bridgehead atoms. The largest absolute Gasteiger partial charge is 0.457 e. The fraction of sp³-hybridized carbons (Fsp3) is 0.385. The second-order valence-electron chi connectivity index (χ2n) is 4.23. The molecule has 18 heavy (non-hydrogen) atoms. The van der Waals surface area contributed by atoms with Crippen molar-refractivity contribution in [2.45, 2.75) is 18.8 Å². The van der Waals surface area contributed by atoms with Crippen LogP contribution < -0.4 is 0 Å². The van der Waals surface area contributed by atoms with Crippen LogP contribution >= 0.6 is 11.6 Å². The van der Waals surface area contributed by atoms with Crippen molar-refractivity contribution in [1.82, 2.24) is 0 Å². The van der Waals surface area contributed by atoms with E-state index in [1.807, 2.05) is 12.1 Å². The van der Waals surface area contributed by atoms with Crippen molar-refractivity contribution in [1.29, 1.82) is 0 Å². The molecule has 0 radical (unpaired) electrons. The molecule has 1 aliphatic heterocycles. The summed E-state index contributed by atoms with van der Waals surface area (Å²) < 4.78 is 16.2. The fourth-order valence-electron chi connectivity index (χ4n) is 2.05. The number of benzene rings is 1. The summed E-state index contributed by atoms with van der Waals surface area (Å²) in [5, 5.41) is 11.5. The first-order valence-corrected chi connectivity index (χ1v) is 6.21. The highest BCUT2D eigenvalue weighted by molar-refractivity contribution is 6.34. The Labute approximate surface area is 109 Å². The molecule has 3 rings (SSSR count). The number of halogens is 1. The first-order valence-electron chi connectivity index (χ1n) is 5.83. The Kier molecular flexibility index (Phi) is 3.26. The van der Waals surface area contributed by atoms with Gasteiger partial charge in [0.2, 0.25) is 0 Å². The van der Waals surface area contributed by atoms with Crippen LogP contribution in [0, 0.1) is 0 Å². The van der Waals surface area contributed by atoms with E-state index in [0.29, 0.717) is 36.0 Å². The van der Waals surface area contributed by atoms with Crippen molar-refractivity contribution < 1.29 is 19.0 Å². The Morgan fingerprint density at radius 2 is 2.11 bits per heavy atom. The first-order chi connectivity index (χ1) is 8.74. The molecule has 1 aromatic carbocycles. The molecule has 4 nitrogen and oxygen atoms in total. The van der Waals surface area contributed by atoms with Crippen molar-refractivity contribution in [3.63, 3.8) is 0 Å². The molecule has 1 N–H and O–H groups in total. The molecule has 1 aromatic heterocycles. The van der Waals surface area contributed by atoms with Gasteiger partial charge in [0.15, 0.2) is 11.9 Å². The van der Waals surface area contributed by atoms with Crippen LogP contribution in [0.25, 0.3) is 11.0 Å². The van der Waals surface area contributed by atoms with E-state index in [9.17, 15) is 5.11 Å². The van der Waals surface area contributed by atoms with Gasteiger partial charge in [0, 0.05) is 11.8 Å². The molecular formula is C13H13ClO4. The van der Waals surface area contributed by atoms with Crippen LogP contribution in [0.15, 0.2) is 28.7 Å². The van der Waals surface area contributed by atoms with Gasteiger partial charge in [-0.15, -0.1) is 0 Å². The molecule has 96 valence electrons. The number of hydrogen-bond donors (Lipinski definition) is 1. The molecule has 2 aromatic rings. The Morgan fingerprint density at radius 3 is 2.83 bits per heavy atom. The lowest BCUT2D eigenvalue weighted by Gasteiger charge is -2.12. The third-order valence-corrected chi connectivity index (χ3v) is 3.25. The molecule has 0 amide bonds. The number of para-hydroxylation sites is 1. The predicted octanol–water partition coefficient (Wildman–Crippen LogP) is 2.88. The maximum atomic E-state index is 10.1. The van der Waals surface area contributed by atoms with Gasteiger partial charge in [-0.1, -0.05) is 23.7 Å². The zero-order valence-corrected chi connectivity index (χ0v) is 10.4. The minimum Gasteiger partial charge on any atom is -0.457 e. The first kappa shape index (κ1) is 12.0. The Balaban J connectivity index is 1.82. The minimum atomic E-state index is -0.753. The number of aliphatic hydroxyl groups is 1. The van der Waals surface area contributed by atoms with Crippen molar-refractivity contribution in [2.75, 3.05) is 13.2 Å². The summed E-state index contributed by atoms with van der Waals surface area (Å²) in [6, 6.07) is 7.29. The van der Waals surface area contributed by atoms with E-state index in [4.69, 9.17) is 25.5 Å². The van der Waals surface area contributed by atoms with Crippen LogP contribution in [-0.2, 0) is 9.47 Å². The quantitative estimate of drug-likeness (QED) is 0.930. The van der Waals surface area contributed by atoms with Gasteiger partial charge in [-0.05, 0) is 12.1 Å². The van der Waals surface area contributed by atoms with Crippen LogP contribution in [0.5, 0.6) is 0 Å². The smallest absolute Gasteiger partial charge is 0.160 e. The molecule has 0 spiro atoms. The van der Waals surface area contributed by atoms with Gasteiger partial charge in [-0.2, -0.15) is 0 Å². The van der Waals surface area contributed by atoms with E-state index in [2.05, 4.69) is 0 Å². The highest BCUT2D eigenvalue weighted by Crippen LogP contribution is 2.31. The number of furan rings is 1. The highest BCUT2D eigenvalue weighted by atomic mass is 35.5. The van der Waals surface area contributed by atoms with Gasteiger partial charge < -0.3 is 19.0 Å². The van der Waals surface area contributed by atoms with Gasteiger partial charge in [-0.25, -0.2) is 0 Å². The number of rotatable bonds is 3. The number of ether oxygens (including phenoxy) is 2.